The number of benzene rings is 3. The molecule has 0 aliphatic carbocycles. The molecule has 0 bridgehead atoms. The van der Waals surface area contributed by atoms with Crippen molar-refractivity contribution in [2.75, 3.05) is 30.2 Å². The predicted molar refractivity (Wildman–Crippen MR) is 157 cm³/mol. The number of nitrogens with zero attached hydrogens (tertiary/aromatic N) is 2. The van der Waals surface area contributed by atoms with E-state index in [0.717, 1.165) is 16.4 Å². The Kier molecular flexibility index (Phi) is 10.3. The van der Waals surface area contributed by atoms with Gasteiger partial charge < -0.3 is 15.0 Å². The summed E-state index contributed by atoms with van der Waals surface area (Å²) < 4.78 is 80.0. The van der Waals surface area contributed by atoms with E-state index in [1.54, 1.807) is 57.2 Å². The lowest BCUT2D eigenvalue weighted by Crippen LogP contribution is -2.42. The quantitative estimate of drug-likeness (QED) is 0.238. The first-order valence-corrected chi connectivity index (χ1v) is 14.6. The van der Waals surface area contributed by atoms with Crippen LogP contribution < -0.4 is 10.0 Å². The number of ether oxygens (including phenoxy) is 1. The van der Waals surface area contributed by atoms with Crippen LogP contribution in [-0.4, -0.2) is 49.5 Å². The summed E-state index contributed by atoms with van der Waals surface area (Å²) in [5.41, 5.74) is -1.19. The summed E-state index contributed by atoms with van der Waals surface area (Å²) in [4.78, 5) is 13.6. The predicted octanol–water partition coefficient (Wildman–Crippen LogP) is 6.48. The largest absolute Gasteiger partial charge is 0.444 e. The monoisotopic (exact) mass is 690 g/mol. The highest BCUT2D eigenvalue weighted by molar-refractivity contribution is 14.1. The lowest BCUT2D eigenvalue weighted by atomic mass is 10.2. The van der Waals surface area contributed by atoms with E-state index in [1.807, 2.05) is 22.6 Å². The number of anilines is 3. The number of hydrogen-bond donors (Lipinski definition) is 2. The van der Waals surface area contributed by atoms with Gasteiger partial charge in [-0.3, -0.25) is 4.72 Å². The maximum atomic E-state index is 14.9. The van der Waals surface area contributed by atoms with Crippen LogP contribution in [0.4, 0.5) is 35.0 Å². The lowest BCUT2D eigenvalue weighted by molar-refractivity contribution is 0.0292. The fourth-order valence-corrected chi connectivity index (χ4v) is 5.12. The molecule has 3 aromatic rings. The van der Waals surface area contributed by atoms with E-state index in [1.165, 1.54) is 24.1 Å². The molecule has 0 aromatic heterocycles. The van der Waals surface area contributed by atoms with Gasteiger partial charge >= 0.3 is 16.3 Å². The Labute approximate surface area is 245 Å². The van der Waals surface area contributed by atoms with Crippen molar-refractivity contribution in [1.82, 2.24) is 9.21 Å². The molecule has 40 heavy (non-hydrogen) atoms. The third kappa shape index (κ3) is 8.73. The van der Waals surface area contributed by atoms with E-state index in [2.05, 4.69) is 10.0 Å². The van der Waals surface area contributed by atoms with E-state index in [0.29, 0.717) is 9.13 Å². The van der Waals surface area contributed by atoms with Crippen molar-refractivity contribution in [3.05, 3.63) is 87.2 Å². The van der Waals surface area contributed by atoms with Crippen LogP contribution in [0.2, 0.25) is 0 Å². The molecule has 216 valence electrons. The molecule has 0 aliphatic rings. The van der Waals surface area contributed by atoms with Crippen molar-refractivity contribution in [2.45, 2.75) is 32.9 Å². The molecule has 0 saturated carbocycles. The molecule has 0 radical (unpaired) electrons. The second-order valence-corrected chi connectivity index (χ2v) is 12.8. The zero-order valence-electron chi connectivity index (χ0n) is 22.3. The van der Waals surface area contributed by atoms with Crippen LogP contribution in [0.15, 0.2) is 60.7 Å². The van der Waals surface area contributed by atoms with Gasteiger partial charge in [0.15, 0.2) is 11.6 Å². The first-order valence-electron chi connectivity index (χ1n) is 12.1. The number of rotatable bonds is 10. The molecule has 0 spiro atoms. The highest BCUT2D eigenvalue weighted by Crippen LogP contribution is 2.33. The molecule has 3 aromatic carbocycles. The molecular weight excluding hydrogens is 660 g/mol. The van der Waals surface area contributed by atoms with Crippen LogP contribution in [0.3, 0.4) is 0 Å². The van der Waals surface area contributed by atoms with Crippen LogP contribution in [0, 0.1) is 21.0 Å². The number of likely N-dealkylation sites (N-methyl/N-ethyl adjacent to an activating group) is 1. The van der Waals surface area contributed by atoms with Crippen molar-refractivity contribution < 1.29 is 31.1 Å². The second-order valence-electron chi connectivity index (χ2n) is 9.86. The Morgan fingerprint density at radius 2 is 1.60 bits per heavy atom. The number of nitrogens with one attached hydrogen (secondary N) is 2. The highest BCUT2D eigenvalue weighted by Gasteiger charge is 2.27. The van der Waals surface area contributed by atoms with E-state index in [4.69, 9.17) is 4.74 Å². The minimum Gasteiger partial charge on any atom is -0.444 e. The third-order valence-corrected chi connectivity index (χ3v) is 7.60. The average molecular weight is 691 g/mol. The zero-order chi connectivity index (χ0) is 29.7. The summed E-state index contributed by atoms with van der Waals surface area (Å²) in [5.74, 6) is -3.38. The molecule has 13 heteroatoms. The maximum absolute atomic E-state index is 14.9. The van der Waals surface area contributed by atoms with Gasteiger partial charge in [-0.1, -0.05) is 30.3 Å². The summed E-state index contributed by atoms with van der Waals surface area (Å²) in [6.45, 7) is 4.87. The van der Waals surface area contributed by atoms with Gasteiger partial charge in [-0.05, 0) is 79.3 Å². The van der Waals surface area contributed by atoms with Crippen LogP contribution >= 0.6 is 22.6 Å². The van der Waals surface area contributed by atoms with Crippen molar-refractivity contribution in [3.63, 3.8) is 0 Å². The Hall–Kier alpha value is -3.04. The highest BCUT2D eigenvalue weighted by atomic mass is 127. The minimum absolute atomic E-state index is 0.0284. The van der Waals surface area contributed by atoms with Gasteiger partial charge in [-0.15, -0.1) is 0 Å². The van der Waals surface area contributed by atoms with Crippen molar-refractivity contribution in [2.24, 2.45) is 0 Å². The third-order valence-electron chi connectivity index (χ3n) is 5.46. The van der Waals surface area contributed by atoms with Gasteiger partial charge in [-0.25, -0.2) is 18.0 Å². The Balaban J connectivity index is 1.91. The molecule has 0 aliphatic heterocycles. The fraction of sp³-hybridized carbons (Fsp3) is 0.296. The van der Waals surface area contributed by atoms with Gasteiger partial charge in [-0.2, -0.15) is 12.7 Å². The summed E-state index contributed by atoms with van der Waals surface area (Å²) in [6, 6.07) is 14.6. The average Bonchev–Trinajstić information content (AvgIpc) is 2.86. The number of carbonyl (C=O) groups excluding carboxylic acids is 1. The van der Waals surface area contributed by atoms with Crippen LogP contribution in [0.1, 0.15) is 26.3 Å². The molecule has 0 fully saturated rings. The summed E-state index contributed by atoms with van der Waals surface area (Å²) in [7, 11) is -2.94. The maximum Gasteiger partial charge on any atom is 0.410 e. The summed E-state index contributed by atoms with van der Waals surface area (Å²) in [5, 5.41) is 2.47. The molecule has 0 unspecified atom stereocenters. The molecule has 0 saturated heterocycles. The molecule has 3 rings (SSSR count). The SMILES string of the molecule is CN(CCN(Cc1ccccc1)S(=O)(=O)Nc1ccc(F)c(F)c1Nc1ccc(I)cc1F)C(=O)OC(C)(C)C. The van der Waals surface area contributed by atoms with Crippen molar-refractivity contribution >= 4 is 56.0 Å². The van der Waals surface area contributed by atoms with E-state index in [-0.39, 0.29) is 31.0 Å². The summed E-state index contributed by atoms with van der Waals surface area (Å²) in [6.07, 6.45) is -0.635. The Morgan fingerprint density at radius 1 is 0.950 bits per heavy atom. The first-order chi connectivity index (χ1) is 18.7. The molecule has 8 nitrogen and oxygen atoms in total. The molecule has 2 N–H and O–H groups in total. The number of hydrogen-bond acceptors (Lipinski definition) is 5. The normalized spacial score (nSPS) is 11.8. The molecule has 1 amide bonds. The summed E-state index contributed by atoms with van der Waals surface area (Å²) >= 11 is 1.90. The van der Waals surface area contributed by atoms with Gasteiger partial charge in [0.25, 0.3) is 0 Å². The first kappa shape index (κ1) is 31.5. The number of carbonyl (C=O) groups is 1. The lowest BCUT2D eigenvalue weighted by Gasteiger charge is -2.28. The van der Waals surface area contributed by atoms with Gasteiger partial charge in [0.05, 0.1) is 11.4 Å². The minimum atomic E-state index is -4.41. The molecular formula is C27H30F3IN4O4S. The van der Waals surface area contributed by atoms with Gasteiger partial charge in [0, 0.05) is 30.3 Å². The topological polar surface area (TPSA) is 91.0 Å². The Morgan fingerprint density at radius 3 is 2.23 bits per heavy atom. The van der Waals surface area contributed by atoms with Crippen molar-refractivity contribution in [1.29, 1.82) is 0 Å². The van der Waals surface area contributed by atoms with E-state index < -0.39 is 45.0 Å². The molecule has 0 heterocycles. The van der Waals surface area contributed by atoms with Gasteiger partial charge in [0.2, 0.25) is 0 Å². The fourth-order valence-electron chi connectivity index (χ4n) is 3.45. The van der Waals surface area contributed by atoms with E-state index >= 15 is 0 Å². The Bertz CT molecular complexity index is 1450. The molecule has 0 atom stereocenters. The zero-order valence-corrected chi connectivity index (χ0v) is 25.3. The van der Waals surface area contributed by atoms with Crippen LogP contribution in [0.25, 0.3) is 0 Å². The second kappa shape index (κ2) is 13.1. The van der Waals surface area contributed by atoms with E-state index in [9.17, 15) is 26.4 Å². The van der Waals surface area contributed by atoms with Crippen molar-refractivity contribution in [3.8, 4) is 0 Å². The number of halogens is 4. The smallest absolute Gasteiger partial charge is 0.410 e. The van der Waals surface area contributed by atoms with Crippen LogP contribution in [0.5, 0.6) is 0 Å². The standard InChI is InChI=1S/C27H30F3IN4O4S/c1-27(2,3)39-26(36)34(4)14-15-35(17-18-8-6-5-7-9-18)40(37,38)33-23-13-11-20(28)24(30)25(23)32-22-12-10-19(31)16-21(22)29/h5-13,16,32-33H,14-15,17H2,1-4H3. The van der Waals surface area contributed by atoms with Gasteiger partial charge in [0.1, 0.15) is 17.1 Å². The van der Waals surface area contributed by atoms with Crippen LogP contribution in [-0.2, 0) is 21.5 Å². The number of amides is 1.